The number of thioether (sulfide) groups is 1. The molecule has 0 N–H and O–H groups in total. The minimum absolute atomic E-state index is 0.0388. The fraction of sp³-hybridized carbons (Fsp3) is 0.533. The van der Waals surface area contributed by atoms with Gasteiger partial charge in [0.25, 0.3) is 0 Å². The Hall–Kier alpha value is -0.960. The molecule has 1 fully saturated rings. The van der Waals surface area contributed by atoms with Crippen LogP contribution in [0.3, 0.4) is 0 Å². The van der Waals surface area contributed by atoms with Gasteiger partial charge in [-0.3, -0.25) is 4.79 Å². The van der Waals surface area contributed by atoms with E-state index in [0.29, 0.717) is 24.2 Å². The van der Waals surface area contributed by atoms with Crippen molar-refractivity contribution in [2.75, 3.05) is 6.61 Å². The lowest BCUT2D eigenvalue weighted by Gasteiger charge is -2.18. The number of hydrogen-bond donors (Lipinski definition) is 0. The van der Waals surface area contributed by atoms with Crippen molar-refractivity contribution in [3.63, 3.8) is 0 Å². The highest BCUT2D eigenvalue weighted by molar-refractivity contribution is 8.00. The van der Waals surface area contributed by atoms with Crippen molar-refractivity contribution in [1.82, 2.24) is 0 Å². The van der Waals surface area contributed by atoms with Crippen LogP contribution < -0.4 is 0 Å². The molecule has 0 aliphatic heterocycles. The number of esters is 1. The lowest BCUT2D eigenvalue weighted by atomic mass is 10.0. The zero-order chi connectivity index (χ0) is 12.8. The predicted molar refractivity (Wildman–Crippen MR) is 74.7 cm³/mol. The zero-order valence-electron chi connectivity index (χ0n) is 10.8. The molecule has 2 nitrogen and oxygen atoms in total. The molecule has 2 rings (SSSR count). The minimum Gasteiger partial charge on any atom is -0.466 e. The van der Waals surface area contributed by atoms with E-state index in [1.807, 2.05) is 24.8 Å². The third-order valence-corrected chi connectivity index (χ3v) is 4.82. The maximum absolute atomic E-state index is 11.6. The Morgan fingerprint density at radius 2 is 2.11 bits per heavy atom. The maximum atomic E-state index is 11.6. The van der Waals surface area contributed by atoms with Gasteiger partial charge in [-0.25, -0.2) is 0 Å². The van der Waals surface area contributed by atoms with E-state index in [1.165, 1.54) is 17.7 Å². The van der Waals surface area contributed by atoms with Crippen LogP contribution in [0.25, 0.3) is 0 Å². The van der Waals surface area contributed by atoms with Crippen LogP contribution in [0.1, 0.15) is 32.6 Å². The molecule has 1 aliphatic rings. The first-order valence-corrected chi connectivity index (χ1v) is 7.55. The lowest BCUT2D eigenvalue weighted by molar-refractivity contribution is -0.144. The molecule has 0 aromatic heterocycles. The second-order valence-electron chi connectivity index (χ2n) is 4.67. The Bertz CT molecular complexity index is 377. The molecule has 1 aliphatic carbocycles. The van der Waals surface area contributed by atoms with Crippen LogP contribution >= 0.6 is 11.8 Å². The largest absolute Gasteiger partial charge is 0.466 e. The highest BCUT2D eigenvalue weighted by Crippen LogP contribution is 2.40. The summed E-state index contributed by atoms with van der Waals surface area (Å²) >= 11 is 1.91. The summed E-state index contributed by atoms with van der Waals surface area (Å²) in [7, 11) is 0. The van der Waals surface area contributed by atoms with E-state index in [2.05, 4.69) is 24.3 Å². The Labute approximate surface area is 113 Å². The van der Waals surface area contributed by atoms with Crippen molar-refractivity contribution in [3.05, 3.63) is 30.3 Å². The number of hydrogen-bond acceptors (Lipinski definition) is 3. The summed E-state index contributed by atoms with van der Waals surface area (Å²) in [5.74, 6) is 0.442. The van der Waals surface area contributed by atoms with Gasteiger partial charge in [0.15, 0.2) is 0 Å². The van der Waals surface area contributed by atoms with Crippen molar-refractivity contribution in [1.29, 1.82) is 0 Å². The quantitative estimate of drug-likeness (QED) is 0.754. The van der Waals surface area contributed by atoms with E-state index in [1.54, 1.807) is 0 Å². The molecule has 1 aromatic rings. The summed E-state index contributed by atoms with van der Waals surface area (Å²) in [6.07, 6.45) is 4.18. The molecule has 0 saturated heterocycles. The molecule has 2 unspecified atom stereocenters. The van der Waals surface area contributed by atoms with Gasteiger partial charge in [0, 0.05) is 16.6 Å². The van der Waals surface area contributed by atoms with Gasteiger partial charge in [-0.05, 0) is 37.8 Å². The van der Waals surface area contributed by atoms with Gasteiger partial charge in [0.1, 0.15) is 0 Å². The first kappa shape index (κ1) is 13.5. The third kappa shape index (κ3) is 3.77. The van der Waals surface area contributed by atoms with Crippen molar-refractivity contribution < 1.29 is 9.53 Å². The van der Waals surface area contributed by atoms with Gasteiger partial charge in [-0.1, -0.05) is 24.6 Å². The van der Waals surface area contributed by atoms with Crippen LogP contribution in [0.2, 0.25) is 0 Å². The topological polar surface area (TPSA) is 26.3 Å². The van der Waals surface area contributed by atoms with Crippen molar-refractivity contribution >= 4 is 17.7 Å². The first-order chi connectivity index (χ1) is 8.79. The van der Waals surface area contributed by atoms with Crippen molar-refractivity contribution in [2.45, 2.75) is 42.8 Å². The molecule has 1 saturated carbocycles. The standard InChI is InChI=1S/C15H20O2S/c1-2-17-15(16)11-12-7-6-10-14(12)18-13-8-4-3-5-9-13/h3-5,8-9,12,14H,2,6-7,10-11H2,1H3. The zero-order valence-corrected chi connectivity index (χ0v) is 11.6. The predicted octanol–water partition coefficient (Wildman–Crippen LogP) is 3.90. The molecular weight excluding hydrogens is 244 g/mol. The van der Waals surface area contributed by atoms with Crippen molar-refractivity contribution in [3.8, 4) is 0 Å². The van der Waals surface area contributed by atoms with E-state index in [0.717, 1.165) is 6.42 Å². The first-order valence-electron chi connectivity index (χ1n) is 6.67. The number of rotatable bonds is 5. The highest BCUT2D eigenvalue weighted by atomic mass is 32.2. The van der Waals surface area contributed by atoms with Crippen LogP contribution in [-0.2, 0) is 9.53 Å². The molecule has 18 heavy (non-hydrogen) atoms. The summed E-state index contributed by atoms with van der Waals surface area (Å²) < 4.78 is 5.05. The summed E-state index contributed by atoms with van der Waals surface area (Å²) in [4.78, 5) is 12.9. The maximum Gasteiger partial charge on any atom is 0.306 e. The van der Waals surface area contributed by atoms with Gasteiger partial charge in [0.2, 0.25) is 0 Å². The molecule has 0 spiro atoms. The summed E-state index contributed by atoms with van der Waals surface area (Å²) in [6, 6.07) is 10.5. The van der Waals surface area contributed by atoms with Gasteiger partial charge in [0.05, 0.1) is 6.61 Å². The normalized spacial score (nSPS) is 22.9. The number of carbonyl (C=O) groups excluding carboxylic acids is 1. The fourth-order valence-corrected chi connectivity index (χ4v) is 3.87. The van der Waals surface area contributed by atoms with Gasteiger partial charge < -0.3 is 4.74 Å². The lowest BCUT2D eigenvalue weighted by Crippen LogP contribution is -2.16. The van der Waals surface area contributed by atoms with E-state index >= 15 is 0 Å². The number of carbonyl (C=O) groups is 1. The SMILES string of the molecule is CCOC(=O)CC1CCCC1Sc1ccccc1. The van der Waals surface area contributed by atoms with Crippen molar-refractivity contribution in [2.24, 2.45) is 5.92 Å². The molecule has 0 amide bonds. The smallest absolute Gasteiger partial charge is 0.306 e. The molecule has 0 radical (unpaired) electrons. The summed E-state index contributed by atoms with van der Waals surface area (Å²) in [5, 5.41) is 0.566. The summed E-state index contributed by atoms with van der Waals surface area (Å²) in [5.41, 5.74) is 0. The average molecular weight is 264 g/mol. The molecule has 98 valence electrons. The van der Waals surface area contributed by atoms with Gasteiger partial charge >= 0.3 is 5.97 Å². The van der Waals surface area contributed by atoms with Crippen LogP contribution in [0.4, 0.5) is 0 Å². The van der Waals surface area contributed by atoms with Gasteiger partial charge in [-0.2, -0.15) is 0 Å². The fourth-order valence-electron chi connectivity index (χ4n) is 2.50. The molecule has 0 heterocycles. The third-order valence-electron chi connectivity index (χ3n) is 3.35. The Morgan fingerprint density at radius 3 is 2.83 bits per heavy atom. The number of ether oxygens (including phenoxy) is 1. The van der Waals surface area contributed by atoms with Crippen LogP contribution in [0.5, 0.6) is 0 Å². The molecule has 3 heteroatoms. The summed E-state index contributed by atoms with van der Waals surface area (Å²) in [6.45, 7) is 2.35. The Kier molecular flexibility index (Phi) is 5.12. The molecule has 1 aromatic carbocycles. The van der Waals surface area contributed by atoms with Crippen LogP contribution in [0, 0.1) is 5.92 Å². The second-order valence-corrected chi connectivity index (χ2v) is 5.98. The average Bonchev–Trinajstić information content (AvgIpc) is 2.78. The monoisotopic (exact) mass is 264 g/mol. The Morgan fingerprint density at radius 1 is 1.33 bits per heavy atom. The van der Waals surface area contributed by atoms with E-state index < -0.39 is 0 Å². The van der Waals surface area contributed by atoms with Crippen LogP contribution in [-0.4, -0.2) is 17.8 Å². The van der Waals surface area contributed by atoms with E-state index in [9.17, 15) is 4.79 Å². The van der Waals surface area contributed by atoms with E-state index in [-0.39, 0.29) is 5.97 Å². The molecular formula is C15H20O2S. The minimum atomic E-state index is -0.0388. The number of benzene rings is 1. The van der Waals surface area contributed by atoms with Crippen LogP contribution in [0.15, 0.2) is 35.2 Å². The van der Waals surface area contributed by atoms with Gasteiger partial charge in [-0.15, -0.1) is 11.8 Å². The highest BCUT2D eigenvalue weighted by Gasteiger charge is 2.30. The molecule has 0 bridgehead atoms. The van der Waals surface area contributed by atoms with E-state index in [4.69, 9.17) is 4.74 Å². The molecule has 2 atom stereocenters. The Balaban J connectivity index is 1.89. The second kappa shape index (κ2) is 6.83.